The van der Waals surface area contributed by atoms with Crippen LogP contribution in [-0.2, 0) is 6.42 Å². The van der Waals surface area contributed by atoms with Crippen molar-refractivity contribution in [3.05, 3.63) is 53.1 Å². The van der Waals surface area contributed by atoms with E-state index in [1.807, 2.05) is 36.4 Å². The zero-order valence-electron chi connectivity index (χ0n) is 14.0. The third-order valence-corrected chi connectivity index (χ3v) is 4.27. The normalized spacial score (nSPS) is 12.9. The second-order valence-electron chi connectivity index (χ2n) is 6.62. The molecular formula is C19H22ClN3O. The molecule has 2 aromatic carbocycles. The summed E-state index contributed by atoms with van der Waals surface area (Å²) in [5.74, 6) is 0.610. The molecule has 4 nitrogen and oxygen atoms in total. The SMILES string of the molecule is CC(C)CCC(O)Cc1cccc(-n2nc3ccc(Cl)cc3n2)c1. The Morgan fingerprint density at radius 2 is 1.83 bits per heavy atom. The summed E-state index contributed by atoms with van der Waals surface area (Å²) in [6.45, 7) is 4.35. The van der Waals surface area contributed by atoms with Crippen LogP contribution in [0.4, 0.5) is 0 Å². The first-order valence-electron chi connectivity index (χ1n) is 8.31. The van der Waals surface area contributed by atoms with Gasteiger partial charge in [0.1, 0.15) is 11.0 Å². The average molecular weight is 344 g/mol. The van der Waals surface area contributed by atoms with Gasteiger partial charge in [-0.15, -0.1) is 10.2 Å². The molecule has 1 unspecified atom stereocenters. The van der Waals surface area contributed by atoms with Crippen molar-refractivity contribution in [2.75, 3.05) is 0 Å². The zero-order valence-corrected chi connectivity index (χ0v) is 14.7. The lowest BCUT2D eigenvalue weighted by atomic mass is 10.00. The second kappa shape index (κ2) is 7.32. The predicted octanol–water partition coefficient (Wildman–Crippen LogP) is 4.41. The number of benzene rings is 2. The Bertz CT molecular complexity index is 828. The highest BCUT2D eigenvalue weighted by atomic mass is 35.5. The summed E-state index contributed by atoms with van der Waals surface area (Å²) >= 11 is 6.00. The number of hydrogen-bond acceptors (Lipinski definition) is 3. The molecule has 24 heavy (non-hydrogen) atoms. The van der Waals surface area contributed by atoms with Crippen LogP contribution >= 0.6 is 11.6 Å². The van der Waals surface area contributed by atoms with Gasteiger partial charge in [-0.3, -0.25) is 0 Å². The number of aliphatic hydroxyl groups is 1. The number of nitrogens with zero attached hydrogens (tertiary/aromatic N) is 3. The van der Waals surface area contributed by atoms with Crippen molar-refractivity contribution in [2.24, 2.45) is 5.92 Å². The molecule has 1 atom stereocenters. The van der Waals surface area contributed by atoms with Crippen LogP contribution in [0, 0.1) is 5.92 Å². The van der Waals surface area contributed by atoms with E-state index in [9.17, 15) is 5.11 Å². The molecular weight excluding hydrogens is 322 g/mol. The van der Waals surface area contributed by atoms with Gasteiger partial charge in [-0.05, 0) is 61.1 Å². The Morgan fingerprint density at radius 3 is 2.62 bits per heavy atom. The molecule has 5 heteroatoms. The van der Waals surface area contributed by atoms with Crippen LogP contribution in [0.5, 0.6) is 0 Å². The highest BCUT2D eigenvalue weighted by Crippen LogP contribution is 2.19. The Balaban J connectivity index is 1.78. The molecule has 0 aliphatic rings. The minimum atomic E-state index is -0.314. The lowest BCUT2D eigenvalue weighted by Crippen LogP contribution is -2.12. The number of rotatable bonds is 6. The van der Waals surface area contributed by atoms with Crippen LogP contribution in [0.1, 0.15) is 32.3 Å². The maximum Gasteiger partial charge on any atom is 0.115 e. The Hall–Kier alpha value is -1.91. The van der Waals surface area contributed by atoms with Gasteiger partial charge in [-0.2, -0.15) is 4.80 Å². The van der Waals surface area contributed by atoms with E-state index >= 15 is 0 Å². The van der Waals surface area contributed by atoms with Crippen LogP contribution < -0.4 is 0 Å². The summed E-state index contributed by atoms with van der Waals surface area (Å²) in [4.78, 5) is 1.62. The number of aromatic nitrogens is 3. The quantitative estimate of drug-likeness (QED) is 0.721. The first kappa shape index (κ1) is 16.9. The van der Waals surface area contributed by atoms with Crippen molar-refractivity contribution in [1.29, 1.82) is 0 Å². The molecule has 0 fully saturated rings. The van der Waals surface area contributed by atoms with Crippen molar-refractivity contribution in [2.45, 2.75) is 39.2 Å². The van der Waals surface area contributed by atoms with E-state index in [0.717, 1.165) is 35.1 Å². The topological polar surface area (TPSA) is 50.9 Å². The molecule has 0 radical (unpaired) electrons. The van der Waals surface area contributed by atoms with Gasteiger partial charge in [-0.25, -0.2) is 0 Å². The number of hydrogen-bond donors (Lipinski definition) is 1. The van der Waals surface area contributed by atoms with Gasteiger partial charge in [0.2, 0.25) is 0 Å². The maximum atomic E-state index is 10.2. The molecule has 1 N–H and O–H groups in total. The number of fused-ring (bicyclic) bond motifs is 1. The van der Waals surface area contributed by atoms with Crippen molar-refractivity contribution in [3.63, 3.8) is 0 Å². The smallest absolute Gasteiger partial charge is 0.115 e. The summed E-state index contributed by atoms with van der Waals surface area (Å²) in [5.41, 5.74) is 3.55. The lowest BCUT2D eigenvalue weighted by molar-refractivity contribution is 0.157. The summed E-state index contributed by atoms with van der Waals surface area (Å²) in [6, 6.07) is 13.5. The molecule has 0 aliphatic carbocycles. The van der Waals surface area contributed by atoms with E-state index in [2.05, 4.69) is 24.0 Å². The minimum absolute atomic E-state index is 0.314. The van der Waals surface area contributed by atoms with Crippen LogP contribution in [0.15, 0.2) is 42.5 Å². The molecule has 0 bridgehead atoms. The fraction of sp³-hybridized carbons (Fsp3) is 0.368. The first-order chi connectivity index (χ1) is 11.5. The third-order valence-electron chi connectivity index (χ3n) is 4.03. The molecule has 0 saturated heterocycles. The molecule has 0 spiro atoms. The van der Waals surface area contributed by atoms with Crippen LogP contribution in [-0.4, -0.2) is 26.2 Å². The Kier molecular flexibility index (Phi) is 5.17. The monoisotopic (exact) mass is 343 g/mol. The number of halogens is 1. The highest BCUT2D eigenvalue weighted by Gasteiger charge is 2.09. The molecule has 3 rings (SSSR count). The van der Waals surface area contributed by atoms with Crippen LogP contribution in [0.25, 0.3) is 16.7 Å². The zero-order chi connectivity index (χ0) is 17.1. The molecule has 1 heterocycles. The molecule has 126 valence electrons. The van der Waals surface area contributed by atoms with Gasteiger partial charge in [0.25, 0.3) is 0 Å². The Morgan fingerprint density at radius 1 is 1.04 bits per heavy atom. The van der Waals surface area contributed by atoms with Crippen molar-refractivity contribution >= 4 is 22.6 Å². The van der Waals surface area contributed by atoms with Crippen molar-refractivity contribution < 1.29 is 5.11 Å². The van der Waals surface area contributed by atoms with E-state index in [4.69, 9.17) is 11.6 Å². The van der Waals surface area contributed by atoms with E-state index in [1.165, 1.54) is 0 Å². The predicted molar refractivity (Wildman–Crippen MR) is 97.7 cm³/mol. The van der Waals surface area contributed by atoms with Gasteiger partial charge in [-0.1, -0.05) is 37.6 Å². The first-order valence-corrected chi connectivity index (χ1v) is 8.69. The van der Waals surface area contributed by atoms with E-state index in [0.29, 0.717) is 17.4 Å². The van der Waals surface area contributed by atoms with Gasteiger partial charge >= 0.3 is 0 Å². The summed E-state index contributed by atoms with van der Waals surface area (Å²) in [7, 11) is 0. The van der Waals surface area contributed by atoms with Gasteiger partial charge < -0.3 is 5.11 Å². The van der Waals surface area contributed by atoms with Crippen LogP contribution in [0.2, 0.25) is 5.02 Å². The average Bonchev–Trinajstić information content (AvgIpc) is 2.96. The Labute approximate surface area is 147 Å². The van der Waals surface area contributed by atoms with Gasteiger partial charge in [0, 0.05) is 5.02 Å². The number of aliphatic hydroxyl groups excluding tert-OH is 1. The maximum absolute atomic E-state index is 10.2. The van der Waals surface area contributed by atoms with Gasteiger partial charge in [0.05, 0.1) is 11.8 Å². The standard InChI is InChI=1S/C19H22ClN3O/c1-13(2)6-8-17(24)11-14-4-3-5-16(10-14)23-21-18-9-7-15(20)12-19(18)22-23/h3-5,7,9-10,12-13,17,24H,6,8,11H2,1-2H3. The van der Waals surface area contributed by atoms with E-state index in [1.54, 1.807) is 10.9 Å². The fourth-order valence-electron chi connectivity index (χ4n) is 2.71. The molecule has 1 aromatic heterocycles. The summed E-state index contributed by atoms with van der Waals surface area (Å²) in [5, 5.41) is 19.8. The molecule has 3 aromatic rings. The van der Waals surface area contributed by atoms with Crippen LogP contribution in [0.3, 0.4) is 0 Å². The minimum Gasteiger partial charge on any atom is -0.393 e. The van der Waals surface area contributed by atoms with Gasteiger partial charge in [0.15, 0.2) is 0 Å². The second-order valence-corrected chi connectivity index (χ2v) is 7.06. The molecule has 0 saturated carbocycles. The fourth-order valence-corrected chi connectivity index (χ4v) is 2.88. The highest BCUT2D eigenvalue weighted by molar-refractivity contribution is 6.31. The summed E-state index contributed by atoms with van der Waals surface area (Å²) in [6.07, 6.45) is 2.19. The van der Waals surface area contributed by atoms with E-state index in [-0.39, 0.29) is 6.10 Å². The third kappa shape index (κ3) is 4.13. The summed E-state index contributed by atoms with van der Waals surface area (Å²) < 4.78 is 0. The van der Waals surface area contributed by atoms with Crippen molar-refractivity contribution in [3.8, 4) is 5.69 Å². The van der Waals surface area contributed by atoms with Crippen molar-refractivity contribution in [1.82, 2.24) is 15.0 Å². The molecule has 0 aliphatic heterocycles. The largest absolute Gasteiger partial charge is 0.393 e. The lowest BCUT2D eigenvalue weighted by Gasteiger charge is -2.12. The van der Waals surface area contributed by atoms with E-state index < -0.39 is 0 Å². The molecule has 0 amide bonds.